The Morgan fingerprint density at radius 3 is 2.46 bits per heavy atom. The summed E-state index contributed by atoms with van der Waals surface area (Å²) in [5.41, 5.74) is 0.426. The molecule has 0 amide bonds. The Morgan fingerprint density at radius 2 is 1.80 bits per heavy atom. The fourth-order valence-electron chi connectivity index (χ4n) is 6.49. The van der Waals surface area contributed by atoms with Crippen LogP contribution in [0.2, 0.25) is 0 Å². The standard InChI is InChI=1S/C29H36F2N6O3S/c1-19(2)35-13-12-28(29(30,31)18-35)16-36(17-28)41(39,40)23-9-10-24(20(3)14-23)33-27-32-15-21-8-11-25(38)37(26(21)34-27)22-6-4-5-7-22/h8-11,14-15,19,22H,4-7,12-13,16-18H2,1-3H3,(H,32,33,34). The van der Waals surface area contributed by atoms with Crippen molar-refractivity contribution in [3.05, 3.63) is 52.4 Å². The van der Waals surface area contributed by atoms with Crippen LogP contribution in [0, 0.1) is 12.3 Å². The molecule has 1 saturated carbocycles. The molecule has 12 heteroatoms. The second kappa shape index (κ2) is 10.1. The van der Waals surface area contributed by atoms with Gasteiger partial charge in [-0.05, 0) is 76.4 Å². The summed E-state index contributed by atoms with van der Waals surface area (Å²) < 4.78 is 60.0. The van der Waals surface area contributed by atoms with Crippen LogP contribution in [-0.4, -0.2) is 70.3 Å². The Morgan fingerprint density at radius 1 is 1.07 bits per heavy atom. The third kappa shape index (κ3) is 4.83. The molecule has 0 unspecified atom stereocenters. The van der Waals surface area contributed by atoms with Crippen molar-refractivity contribution < 1.29 is 17.2 Å². The van der Waals surface area contributed by atoms with Crippen LogP contribution in [0.1, 0.15) is 57.6 Å². The highest BCUT2D eigenvalue weighted by Crippen LogP contribution is 2.51. The van der Waals surface area contributed by atoms with E-state index in [9.17, 15) is 13.2 Å². The van der Waals surface area contributed by atoms with Crippen molar-refractivity contribution in [1.29, 1.82) is 0 Å². The van der Waals surface area contributed by atoms with Crippen molar-refractivity contribution in [3.63, 3.8) is 0 Å². The maximum Gasteiger partial charge on any atom is 0.268 e. The minimum Gasteiger partial charge on any atom is -0.324 e. The molecular formula is C29H36F2N6O3S. The first-order valence-corrected chi connectivity index (χ1v) is 15.7. The van der Waals surface area contributed by atoms with Crippen LogP contribution in [-0.2, 0) is 10.0 Å². The first kappa shape index (κ1) is 28.2. The summed E-state index contributed by atoms with van der Waals surface area (Å²) in [6, 6.07) is 8.06. The van der Waals surface area contributed by atoms with Gasteiger partial charge in [0.1, 0.15) is 5.65 Å². The summed E-state index contributed by atoms with van der Waals surface area (Å²) in [5, 5.41) is 3.93. The van der Waals surface area contributed by atoms with E-state index < -0.39 is 21.4 Å². The molecular weight excluding hydrogens is 550 g/mol. The fraction of sp³-hybridized carbons (Fsp3) is 0.552. The molecule has 3 fully saturated rings. The van der Waals surface area contributed by atoms with Crippen LogP contribution in [0.4, 0.5) is 20.4 Å². The second-order valence-corrected chi connectivity index (χ2v) is 14.1. The van der Waals surface area contributed by atoms with E-state index in [0.29, 0.717) is 29.4 Å². The molecule has 220 valence electrons. The van der Waals surface area contributed by atoms with Crippen LogP contribution >= 0.6 is 0 Å². The number of nitrogens with zero attached hydrogens (tertiary/aromatic N) is 5. The van der Waals surface area contributed by atoms with Gasteiger partial charge in [0, 0.05) is 48.5 Å². The number of likely N-dealkylation sites (tertiary alicyclic amines) is 1. The van der Waals surface area contributed by atoms with E-state index in [1.54, 1.807) is 40.8 Å². The molecule has 3 aromatic rings. The molecule has 4 heterocycles. The molecule has 1 N–H and O–H groups in total. The Balaban J connectivity index is 1.20. The average molecular weight is 587 g/mol. The largest absolute Gasteiger partial charge is 0.324 e. The Kier molecular flexibility index (Phi) is 6.94. The summed E-state index contributed by atoms with van der Waals surface area (Å²) in [5.74, 6) is -2.65. The summed E-state index contributed by atoms with van der Waals surface area (Å²) in [7, 11) is -3.93. The molecule has 3 aliphatic rings. The minimum atomic E-state index is -3.93. The molecule has 6 rings (SSSR count). The number of aryl methyl sites for hydroxylation is 1. The van der Waals surface area contributed by atoms with Gasteiger partial charge in [-0.1, -0.05) is 12.8 Å². The number of rotatable bonds is 6. The molecule has 1 spiro atoms. The number of nitrogens with one attached hydrogen (secondary N) is 1. The van der Waals surface area contributed by atoms with E-state index in [-0.39, 0.29) is 48.6 Å². The lowest BCUT2D eigenvalue weighted by atomic mass is 9.70. The molecule has 2 saturated heterocycles. The van der Waals surface area contributed by atoms with E-state index in [1.807, 2.05) is 13.8 Å². The highest BCUT2D eigenvalue weighted by atomic mass is 32.2. The van der Waals surface area contributed by atoms with Crippen molar-refractivity contribution in [2.75, 3.05) is 31.5 Å². The number of hydrogen-bond donors (Lipinski definition) is 1. The number of anilines is 2. The maximum absolute atomic E-state index is 15.1. The number of fused-ring (bicyclic) bond motifs is 1. The lowest BCUT2D eigenvalue weighted by molar-refractivity contribution is -0.211. The number of pyridine rings is 1. The zero-order valence-corrected chi connectivity index (χ0v) is 24.4. The highest BCUT2D eigenvalue weighted by molar-refractivity contribution is 7.89. The van der Waals surface area contributed by atoms with Gasteiger partial charge in [0.25, 0.3) is 11.5 Å². The van der Waals surface area contributed by atoms with Crippen molar-refractivity contribution in [2.45, 2.75) is 75.8 Å². The average Bonchev–Trinajstić information content (AvgIpc) is 3.42. The molecule has 2 aromatic heterocycles. The van der Waals surface area contributed by atoms with Crippen molar-refractivity contribution >= 4 is 32.7 Å². The topological polar surface area (TPSA) is 100 Å². The SMILES string of the molecule is Cc1cc(S(=O)(=O)N2CC3(CCN(C(C)C)CC3(F)F)C2)ccc1Nc1ncc2ccc(=O)n(C3CCCC3)c2n1. The lowest BCUT2D eigenvalue weighted by Gasteiger charge is -2.57. The molecule has 0 radical (unpaired) electrons. The normalized spacial score (nSPS) is 21.5. The Hall–Kier alpha value is -2.96. The van der Waals surface area contributed by atoms with Gasteiger partial charge in [-0.3, -0.25) is 14.3 Å². The first-order chi connectivity index (χ1) is 19.4. The molecule has 9 nitrogen and oxygen atoms in total. The monoisotopic (exact) mass is 586 g/mol. The third-order valence-electron chi connectivity index (χ3n) is 9.18. The number of sulfonamides is 1. The number of halogens is 2. The fourth-order valence-corrected chi connectivity index (χ4v) is 8.19. The van der Waals surface area contributed by atoms with E-state index in [1.165, 1.54) is 16.4 Å². The molecule has 2 aliphatic heterocycles. The third-order valence-corrected chi connectivity index (χ3v) is 11.0. The van der Waals surface area contributed by atoms with Crippen molar-refractivity contribution in [2.24, 2.45) is 5.41 Å². The van der Waals surface area contributed by atoms with Crippen LogP contribution in [0.3, 0.4) is 0 Å². The summed E-state index contributed by atoms with van der Waals surface area (Å²) >= 11 is 0. The lowest BCUT2D eigenvalue weighted by Crippen LogP contribution is -2.71. The number of alkyl halides is 2. The van der Waals surface area contributed by atoms with Crippen LogP contribution in [0.25, 0.3) is 11.0 Å². The van der Waals surface area contributed by atoms with Gasteiger partial charge in [-0.2, -0.15) is 9.29 Å². The zero-order chi connectivity index (χ0) is 29.2. The quantitative estimate of drug-likeness (QED) is 0.447. The highest BCUT2D eigenvalue weighted by Gasteiger charge is 2.64. The van der Waals surface area contributed by atoms with Crippen LogP contribution < -0.4 is 10.9 Å². The number of benzene rings is 1. The van der Waals surface area contributed by atoms with E-state index >= 15 is 8.78 Å². The summed E-state index contributed by atoms with van der Waals surface area (Å²) in [4.78, 5) is 23.6. The number of piperidine rings is 1. The van der Waals surface area contributed by atoms with Gasteiger partial charge in [0.15, 0.2) is 0 Å². The number of hydrogen-bond acceptors (Lipinski definition) is 7. The summed E-state index contributed by atoms with van der Waals surface area (Å²) in [6.07, 6.45) is 5.97. The van der Waals surface area contributed by atoms with Crippen molar-refractivity contribution in [1.82, 2.24) is 23.7 Å². The van der Waals surface area contributed by atoms with Crippen LogP contribution in [0.5, 0.6) is 0 Å². The van der Waals surface area contributed by atoms with Gasteiger partial charge < -0.3 is 5.32 Å². The van der Waals surface area contributed by atoms with Crippen LogP contribution in [0.15, 0.2) is 46.2 Å². The number of aromatic nitrogens is 3. The molecule has 1 aliphatic carbocycles. The Labute approximate surface area is 238 Å². The maximum atomic E-state index is 15.1. The second-order valence-electron chi connectivity index (χ2n) is 12.1. The van der Waals surface area contributed by atoms with Gasteiger partial charge in [0.05, 0.1) is 16.9 Å². The smallest absolute Gasteiger partial charge is 0.268 e. The predicted molar refractivity (Wildman–Crippen MR) is 153 cm³/mol. The zero-order valence-electron chi connectivity index (χ0n) is 23.6. The minimum absolute atomic E-state index is 0.0190. The summed E-state index contributed by atoms with van der Waals surface area (Å²) in [6.45, 7) is 5.40. The molecule has 1 aromatic carbocycles. The van der Waals surface area contributed by atoms with E-state index in [0.717, 1.165) is 31.1 Å². The van der Waals surface area contributed by atoms with Gasteiger partial charge >= 0.3 is 0 Å². The van der Waals surface area contributed by atoms with E-state index in [4.69, 9.17) is 0 Å². The van der Waals surface area contributed by atoms with Gasteiger partial charge in [-0.15, -0.1) is 0 Å². The first-order valence-electron chi connectivity index (χ1n) is 14.3. The molecule has 0 bridgehead atoms. The molecule has 0 atom stereocenters. The van der Waals surface area contributed by atoms with Gasteiger partial charge in [-0.25, -0.2) is 22.2 Å². The van der Waals surface area contributed by atoms with Gasteiger partial charge in [0.2, 0.25) is 16.0 Å². The van der Waals surface area contributed by atoms with E-state index in [2.05, 4.69) is 15.3 Å². The molecule has 41 heavy (non-hydrogen) atoms. The van der Waals surface area contributed by atoms with Crippen molar-refractivity contribution in [3.8, 4) is 0 Å². The predicted octanol–water partition coefficient (Wildman–Crippen LogP) is 4.70. The Bertz CT molecular complexity index is 1650.